The van der Waals surface area contributed by atoms with E-state index in [1.165, 1.54) is 0 Å². The lowest BCUT2D eigenvalue weighted by molar-refractivity contribution is -0.172. The number of carbonyl (C=O) groups is 2. The van der Waals surface area contributed by atoms with Crippen LogP contribution in [0.5, 0.6) is 11.5 Å². The molecule has 2 N–H and O–H groups in total. The molecule has 1 amide bonds. The van der Waals surface area contributed by atoms with Crippen LogP contribution in [-0.2, 0) is 44.4 Å². The zero-order valence-corrected chi connectivity index (χ0v) is 25.1. The molecule has 0 radical (unpaired) electrons. The van der Waals surface area contributed by atoms with Crippen LogP contribution in [0.3, 0.4) is 0 Å². The van der Waals surface area contributed by atoms with Gasteiger partial charge in [0.2, 0.25) is 12.7 Å². The number of amides is 1. The minimum absolute atomic E-state index is 0.0143. The second-order valence-electron chi connectivity index (χ2n) is 12.5. The van der Waals surface area contributed by atoms with Crippen molar-refractivity contribution in [2.24, 2.45) is 5.92 Å². The Morgan fingerprint density at radius 1 is 1.23 bits per heavy atom. The minimum Gasteiger partial charge on any atom is -0.458 e. The Kier molecular flexibility index (Phi) is 6.32. The Morgan fingerprint density at radius 3 is 2.70 bits per heavy atom. The fourth-order valence-corrected chi connectivity index (χ4v) is 6.61. The molecule has 12 heteroatoms. The van der Waals surface area contributed by atoms with E-state index in [1.807, 2.05) is 20.8 Å². The average Bonchev–Trinajstić information content (AvgIpc) is 3.58. The summed E-state index contributed by atoms with van der Waals surface area (Å²) in [5, 5.41) is 15.2. The lowest BCUT2D eigenvalue weighted by Gasteiger charge is -2.31. The van der Waals surface area contributed by atoms with Crippen molar-refractivity contribution in [1.82, 2.24) is 14.9 Å². The Bertz CT molecular complexity index is 1790. The molecule has 4 aliphatic rings. The number of nitrogens with zero attached hydrogens (tertiary/aromatic N) is 2. The van der Waals surface area contributed by atoms with Crippen LogP contribution in [0.4, 0.5) is 0 Å². The molecule has 1 aliphatic carbocycles. The van der Waals surface area contributed by atoms with E-state index >= 15 is 0 Å². The van der Waals surface area contributed by atoms with Gasteiger partial charge in [0.15, 0.2) is 17.1 Å². The molecule has 5 heterocycles. The van der Waals surface area contributed by atoms with E-state index in [0.717, 1.165) is 12.8 Å². The molecule has 1 aromatic carbocycles. The van der Waals surface area contributed by atoms with E-state index in [0.29, 0.717) is 49.9 Å². The van der Waals surface area contributed by atoms with Crippen molar-refractivity contribution >= 4 is 34.4 Å². The zero-order chi connectivity index (χ0) is 30.4. The number of nitrogens with one attached hydrogen (secondary N) is 1. The highest BCUT2D eigenvalue weighted by Gasteiger charge is 2.46. The number of fused-ring (bicyclic) bond motifs is 6. The van der Waals surface area contributed by atoms with Crippen LogP contribution in [0, 0.1) is 5.92 Å². The number of carbonyl (C=O) groups excluding carboxylic acids is 2. The maximum atomic E-state index is 13.8. The highest BCUT2D eigenvalue weighted by molar-refractivity contribution is 6.37. The standard InChI is InChI=1S/C31H32ClN3O8/c1-5-31(39)18-8-20-24-16(11-35(20)28(37)17(18)12-40-29(31)38)15(10-33-27(36)25(14-6-7-14)43-30(2,3)4)22-19(34-24)9-21-26(23(22)32)42-13-41-21/h8-9,14,25,39H,5-7,10-13H2,1-4H3,(H,33,36)/t25?,31-/m0/s1. The summed E-state index contributed by atoms with van der Waals surface area (Å²) < 4.78 is 24.1. The topological polar surface area (TPSA) is 138 Å². The first kappa shape index (κ1) is 28.1. The van der Waals surface area contributed by atoms with Crippen molar-refractivity contribution in [1.29, 1.82) is 0 Å². The predicted octanol–water partition coefficient (Wildman–Crippen LogP) is 3.67. The average molecular weight is 610 g/mol. The van der Waals surface area contributed by atoms with Crippen LogP contribution in [0.1, 0.15) is 69.2 Å². The Hall–Kier alpha value is -3.67. The maximum Gasteiger partial charge on any atom is 0.343 e. The van der Waals surface area contributed by atoms with Crippen molar-refractivity contribution in [3.8, 4) is 22.9 Å². The van der Waals surface area contributed by atoms with Crippen LogP contribution >= 0.6 is 11.6 Å². The number of hydrogen-bond donors (Lipinski definition) is 2. The lowest BCUT2D eigenvalue weighted by Crippen LogP contribution is -2.44. The van der Waals surface area contributed by atoms with Gasteiger partial charge in [-0.1, -0.05) is 18.5 Å². The van der Waals surface area contributed by atoms with Crippen LogP contribution in [0.25, 0.3) is 22.3 Å². The third kappa shape index (κ3) is 4.39. The largest absolute Gasteiger partial charge is 0.458 e. The molecular weight excluding hydrogens is 578 g/mol. The number of halogens is 1. The summed E-state index contributed by atoms with van der Waals surface area (Å²) in [4.78, 5) is 44.8. The van der Waals surface area contributed by atoms with E-state index in [9.17, 15) is 19.5 Å². The molecule has 2 atom stereocenters. The fraction of sp³-hybridized carbons (Fsp3) is 0.484. The van der Waals surface area contributed by atoms with Gasteiger partial charge in [0.1, 0.15) is 12.7 Å². The number of rotatable bonds is 6. The summed E-state index contributed by atoms with van der Waals surface area (Å²) in [5.41, 5.74) is 0.447. The minimum atomic E-state index is -1.95. The fourth-order valence-electron chi connectivity index (χ4n) is 6.25. The van der Waals surface area contributed by atoms with E-state index in [2.05, 4.69) is 5.32 Å². The first-order valence-electron chi connectivity index (χ1n) is 14.5. The number of aliphatic hydroxyl groups is 1. The van der Waals surface area contributed by atoms with Crippen molar-refractivity contribution in [2.45, 2.75) is 84.0 Å². The highest BCUT2D eigenvalue weighted by Crippen LogP contribution is 2.48. The third-order valence-electron chi connectivity index (χ3n) is 8.60. The maximum absolute atomic E-state index is 13.8. The second-order valence-corrected chi connectivity index (χ2v) is 12.9. The van der Waals surface area contributed by atoms with Crippen LogP contribution < -0.4 is 20.3 Å². The van der Waals surface area contributed by atoms with E-state index in [1.54, 1.807) is 23.6 Å². The van der Waals surface area contributed by atoms with Gasteiger partial charge in [-0.15, -0.1) is 0 Å². The van der Waals surface area contributed by atoms with Gasteiger partial charge in [-0.25, -0.2) is 9.78 Å². The molecule has 0 spiro atoms. The molecule has 1 unspecified atom stereocenters. The summed E-state index contributed by atoms with van der Waals surface area (Å²) in [6, 6.07) is 3.38. The smallest absolute Gasteiger partial charge is 0.343 e. The molecule has 0 saturated heterocycles. The normalized spacial score (nSPS) is 20.8. The van der Waals surface area contributed by atoms with Gasteiger partial charge in [-0.3, -0.25) is 9.59 Å². The summed E-state index contributed by atoms with van der Waals surface area (Å²) in [6.07, 6.45) is 1.30. The molecule has 7 rings (SSSR count). The summed E-state index contributed by atoms with van der Waals surface area (Å²) in [5.74, 6) is -0.0201. The van der Waals surface area contributed by atoms with Crippen molar-refractivity contribution in [2.75, 3.05) is 6.79 Å². The van der Waals surface area contributed by atoms with Gasteiger partial charge in [-0.2, -0.15) is 0 Å². The number of aromatic nitrogens is 2. The van der Waals surface area contributed by atoms with Crippen molar-refractivity contribution in [3.05, 3.63) is 49.8 Å². The summed E-state index contributed by atoms with van der Waals surface area (Å²) in [6.45, 7) is 7.47. The molecule has 11 nitrogen and oxygen atoms in total. The zero-order valence-electron chi connectivity index (χ0n) is 24.3. The monoisotopic (exact) mass is 609 g/mol. The summed E-state index contributed by atoms with van der Waals surface area (Å²) in [7, 11) is 0. The molecule has 2 aromatic heterocycles. The van der Waals surface area contributed by atoms with Crippen LogP contribution in [0.15, 0.2) is 16.9 Å². The predicted molar refractivity (Wildman–Crippen MR) is 155 cm³/mol. The SMILES string of the molecule is CC[C@@]1(O)C(=O)OCc2c1cc1n(c2=O)Cc2c-1nc1cc3c(c(Cl)c1c2CNC(=O)C(OC(C)(C)C)C1CC1)OCO3. The Balaban J connectivity index is 1.37. The van der Waals surface area contributed by atoms with Crippen LogP contribution in [-0.4, -0.2) is 45.0 Å². The van der Waals surface area contributed by atoms with Gasteiger partial charge in [0.25, 0.3) is 5.56 Å². The number of hydrogen-bond acceptors (Lipinski definition) is 9. The van der Waals surface area contributed by atoms with E-state index in [-0.39, 0.29) is 61.4 Å². The van der Waals surface area contributed by atoms with Crippen molar-refractivity contribution < 1.29 is 33.6 Å². The molecule has 0 bridgehead atoms. The van der Waals surface area contributed by atoms with Gasteiger partial charge >= 0.3 is 5.97 Å². The van der Waals surface area contributed by atoms with Crippen LogP contribution in [0.2, 0.25) is 5.02 Å². The van der Waals surface area contributed by atoms with Gasteiger partial charge in [-0.05, 0) is 57.6 Å². The molecule has 43 heavy (non-hydrogen) atoms. The summed E-state index contributed by atoms with van der Waals surface area (Å²) >= 11 is 6.90. The first-order valence-corrected chi connectivity index (χ1v) is 14.8. The van der Waals surface area contributed by atoms with Gasteiger partial charge in [0, 0.05) is 29.1 Å². The number of benzene rings is 1. The third-order valence-corrected chi connectivity index (χ3v) is 8.96. The Labute approximate surface area is 252 Å². The Morgan fingerprint density at radius 2 is 2.00 bits per heavy atom. The number of esters is 1. The molecule has 1 saturated carbocycles. The molecule has 1 fully saturated rings. The highest BCUT2D eigenvalue weighted by atomic mass is 35.5. The number of pyridine rings is 2. The second kappa shape index (κ2) is 9.67. The van der Waals surface area contributed by atoms with Crippen molar-refractivity contribution in [3.63, 3.8) is 0 Å². The molecule has 3 aliphatic heterocycles. The quantitative estimate of drug-likeness (QED) is 0.314. The lowest BCUT2D eigenvalue weighted by atomic mass is 9.86. The van der Waals surface area contributed by atoms with E-state index in [4.69, 9.17) is 35.5 Å². The molecule has 3 aromatic rings. The first-order chi connectivity index (χ1) is 20.4. The van der Waals surface area contributed by atoms with Gasteiger partial charge < -0.3 is 33.9 Å². The number of cyclic esters (lactones) is 1. The van der Waals surface area contributed by atoms with Gasteiger partial charge in [0.05, 0.1) is 39.6 Å². The molecular formula is C31H32ClN3O8. The number of ether oxygens (including phenoxy) is 4. The van der Waals surface area contributed by atoms with E-state index < -0.39 is 23.3 Å². The molecule has 226 valence electrons.